The second-order valence-corrected chi connectivity index (χ2v) is 9.42. The first-order valence-electron chi connectivity index (χ1n) is 12.0. The van der Waals surface area contributed by atoms with Crippen LogP contribution < -0.4 is 5.32 Å². The number of nitro groups is 2. The molecule has 0 unspecified atom stereocenters. The van der Waals surface area contributed by atoms with Gasteiger partial charge in [-0.1, -0.05) is 22.4 Å². The Labute approximate surface area is 225 Å². The van der Waals surface area contributed by atoms with Crippen molar-refractivity contribution in [3.8, 4) is 22.3 Å². The van der Waals surface area contributed by atoms with E-state index < -0.39 is 33.3 Å². The number of aromatic nitrogens is 2. The molecule has 14 heteroatoms. The zero-order valence-electron chi connectivity index (χ0n) is 21.8. The molecule has 5 rings (SSSR count). The average molecular weight is 560 g/mol. The number of hydrogen-bond donors (Lipinski definition) is 1. The van der Waals surface area contributed by atoms with E-state index in [1.807, 2.05) is 0 Å². The van der Waals surface area contributed by atoms with E-state index in [0.717, 1.165) is 6.07 Å². The molecule has 4 aromatic rings. The van der Waals surface area contributed by atoms with E-state index in [9.17, 15) is 33.4 Å². The van der Waals surface area contributed by atoms with Crippen LogP contribution in [0.15, 0.2) is 45.4 Å². The molecule has 210 valence electrons. The van der Waals surface area contributed by atoms with Crippen LogP contribution in [0.2, 0.25) is 0 Å². The Kier molecular flexibility index (Phi) is 7.62. The molecule has 2 heterocycles. The summed E-state index contributed by atoms with van der Waals surface area (Å²) in [6.07, 6.45) is -0.619. The lowest BCUT2D eigenvalue weighted by Crippen LogP contribution is -2.44. The first kappa shape index (κ1) is 28.3. The number of alkyl halides is 2. The third-order valence-electron chi connectivity index (χ3n) is 6.43. The smallest absolute Gasteiger partial charge is 0.305 e. The number of aryl methyl sites for hydroxylation is 4. The molecular weight excluding hydrogens is 535 g/mol. The molecule has 0 amide bonds. The molecule has 11 nitrogen and oxygen atoms in total. The second kappa shape index (κ2) is 10.8. The summed E-state index contributed by atoms with van der Waals surface area (Å²) in [5.74, 6) is -2.42. The van der Waals surface area contributed by atoms with Crippen LogP contribution in [-0.4, -0.2) is 32.1 Å². The molecular formula is C26H24F3N5O6. The van der Waals surface area contributed by atoms with Crippen LogP contribution >= 0.6 is 0 Å². The minimum atomic E-state index is -2.68. The quantitative estimate of drug-likeness (QED) is 0.193. The molecule has 1 aliphatic carbocycles. The van der Waals surface area contributed by atoms with Crippen molar-refractivity contribution in [2.75, 3.05) is 5.32 Å². The van der Waals surface area contributed by atoms with E-state index >= 15 is 0 Å². The predicted molar refractivity (Wildman–Crippen MR) is 138 cm³/mol. The Morgan fingerprint density at radius 1 is 0.850 bits per heavy atom. The maximum Gasteiger partial charge on any atom is 0.305 e. The molecule has 0 aliphatic heterocycles. The standard InChI is InChI=1S/C15H15F2N3O3.C11H9FN2O3/c1-8-14(9(2)23-19-8)10-3-4-12(13(5-10)20(21)22)18-11-6-15(16,17)7-11;1-6-11(7(2)17-13-6)8-3-4-9(12)10(5-8)14(15)16/h3-5,11,18H,6-7H2,1-2H3;3-5H,1-2H3. The van der Waals surface area contributed by atoms with Gasteiger partial charge >= 0.3 is 5.69 Å². The number of nitro benzene ring substituents is 2. The summed E-state index contributed by atoms with van der Waals surface area (Å²) in [4.78, 5) is 20.7. The fourth-order valence-electron chi connectivity index (χ4n) is 4.54. The van der Waals surface area contributed by atoms with Crippen molar-refractivity contribution in [1.29, 1.82) is 0 Å². The van der Waals surface area contributed by atoms with Gasteiger partial charge in [0.25, 0.3) is 11.6 Å². The molecule has 1 saturated carbocycles. The minimum absolute atomic E-state index is 0.155. The lowest BCUT2D eigenvalue weighted by molar-refractivity contribution is -0.387. The van der Waals surface area contributed by atoms with Gasteiger partial charge in [-0.25, -0.2) is 8.78 Å². The summed E-state index contributed by atoms with van der Waals surface area (Å²) < 4.78 is 49.0. The van der Waals surface area contributed by atoms with Gasteiger partial charge in [0.05, 0.1) is 21.2 Å². The monoisotopic (exact) mass is 559 g/mol. The van der Waals surface area contributed by atoms with Gasteiger partial charge in [0.15, 0.2) is 0 Å². The van der Waals surface area contributed by atoms with Crippen molar-refractivity contribution in [1.82, 2.24) is 10.3 Å². The number of halogens is 3. The molecule has 0 saturated heterocycles. The maximum absolute atomic E-state index is 13.2. The van der Waals surface area contributed by atoms with E-state index in [2.05, 4.69) is 15.6 Å². The molecule has 1 fully saturated rings. The number of nitrogens with one attached hydrogen (secondary N) is 1. The largest absolute Gasteiger partial charge is 0.376 e. The first-order chi connectivity index (χ1) is 18.8. The topological polar surface area (TPSA) is 150 Å². The number of nitrogens with zero attached hydrogens (tertiary/aromatic N) is 4. The van der Waals surface area contributed by atoms with E-state index in [-0.39, 0.29) is 24.2 Å². The lowest BCUT2D eigenvalue weighted by Gasteiger charge is -2.35. The molecule has 1 N–H and O–H groups in total. The van der Waals surface area contributed by atoms with Crippen molar-refractivity contribution in [3.05, 3.63) is 85.4 Å². The molecule has 2 aromatic carbocycles. The van der Waals surface area contributed by atoms with Gasteiger partial charge in [-0.3, -0.25) is 20.2 Å². The van der Waals surface area contributed by atoms with Crippen LogP contribution in [-0.2, 0) is 0 Å². The summed E-state index contributed by atoms with van der Waals surface area (Å²) >= 11 is 0. The zero-order valence-corrected chi connectivity index (χ0v) is 21.8. The Morgan fingerprint density at radius 3 is 1.75 bits per heavy atom. The van der Waals surface area contributed by atoms with Crippen LogP contribution in [0.3, 0.4) is 0 Å². The molecule has 0 radical (unpaired) electrons. The number of benzene rings is 2. The van der Waals surface area contributed by atoms with E-state index in [4.69, 9.17) is 9.05 Å². The van der Waals surface area contributed by atoms with Crippen LogP contribution in [0.5, 0.6) is 0 Å². The highest BCUT2D eigenvalue weighted by atomic mass is 19.3. The Morgan fingerprint density at radius 2 is 1.32 bits per heavy atom. The van der Waals surface area contributed by atoms with E-state index in [1.165, 1.54) is 24.3 Å². The molecule has 0 spiro atoms. The normalized spacial score (nSPS) is 14.2. The van der Waals surface area contributed by atoms with Crippen LogP contribution in [0.4, 0.5) is 30.2 Å². The summed E-state index contributed by atoms with van der Waals surface area (Å²) in [6, 6.07) is 7.91. The predicted octanol–water partition coefficient (Wildman–Crippen LogP) is 7.08. The van der Waals surface area contributed by atoms with E-state index in [1.54, 1.807) is 33.8 Å². The second-order valence-electron chi connectivity index (χ2n) is 9.42. The van der Waals surface area contributed by atoms with Crippen molar-refractivity contribution >= 4 is 17.1 Å². The van der Waals surface area contributed by atoms with Gasteiger partial charge in [-0.15, -0.1) is 0 Å². The van der Waals surface area contributed by atoms with Crippen molar-refractivity contribution in [2.45, 2.75) is 52.5 Å². The lowest BCUT2D eigenvalue weighted by atomic mass is 9.88. The molecule has 0 atom stereocenters. The summed E-state index contributed by atoms with van der Waals surface area (Å²) in [7, 11) is 0. The Balaban J connectivity index is 0.000000194. The highest BCUT2D eigenvalue weighted by Gasteiger charge is 2.45. The summed E-state index contributed by atoms with van der Waals surface area (Å²) in [5.41, 5.74) is 3.28. The fraction of sp³-hybridized carbons (Fsp3) is 0.308. The Bertz CT molecular complexity index is 1550. The van der Waals surface area contributed by atoms with Crippen molar-refractivity contribution in [2.24, 2.45) is 0 Å². The molecule has 40 heavy (non-hydrogen) atoms. The number of hydrogen-bond acceptors (Lipinski definition) is 9. The van der Waals surface area contributed by atoms with Gasteiger partial charge in [-0.2, -0.15) is 4.39 Å². The molecule has 2 aromatic heterocycles. The van der Waals surface area contributed by atoms with Crippen molar-refractivity contribution in [3.63, 3.8) is 0 Å². The van der Waals surface area contributed by atoms with Gasteiger partial charge in [-0.05, 0) is 51.0 Å². The Hall–Kier alpha value is -4.75. The maximum atomic E-state index is 13.2. The SMILES string of the molecule is Cc1noc(C)c1-c1ccc(F)c([N+](=O)[O-])c1.Cc1noc(C)c1-c1ccc(NC2CC(F)(F)C2)c([N+](=O)[O-])c1. The van der Waals surface area contributed by atoms with Crippen LogP contribution in [0, 0.1) is 53.7 Å². The van der Waals surface area contributed by atoms with Crippen LogP contribution in [0.25, 0.3) is 22.3 Å². The first-order valence-corrected chi connectivity index (χ1v) is 12.0. The highest BCUT2D eigenvalue weighted by Crippen LogP contribution is 2.41. The number of rotatable bonds is 6. The number of anilines is 1. The van der Waals surface area contributed by atoms with Crippen molar-refractivity contribution < 1.29 is 32.1 Å². The summed E-state index contributed by atoms with van der Waals surface area (Å²) in [5, 5.41) is 32.4. The summed E-state index contributed by atoms with van der Waals surface area (Å²) in [6.45, 7) is 6.90. The van der Waals surface area contributed by atoms with Gasteiger partial charge < -0.3 is 14.4 Å². The van der Waals surface area contributed by atoms with E-state index in [0.29, 0.717) is 45.2 Å². The fourth-order valence-corrected chi connectivity index (χ4v) is 4.54. The molecule has 0 bridgehead atoms. The zero-order chi connectivity index (χ0) is 29.4. The molecule has 1 aliphatic rings. The minimum Gasteiger partial charge on any atom is -0.376 e. The third-order valence-corrected chi connectivity index (χ3v) is 6.43. The highest BCUT2D eigenvalue weighted by molar-refractivity contribution is 5.75. The average Bonchev–Trinajstić information content (AvgIpc) is 3.38. The van der Waals surface area contributed by atoms with Gasteiger partial charge in [0, 0.05) is 42.1 Å². The third kappa shape index (κ3) is 5.80. The van der Waals surface area contributed by atoms with Gasteiger partial charge in [0.1, 0.15) is 17.2 Å². The van der Waals surface area contributed by atoms with Gasteiger partial charge in [0.2, 0.25) is 5.82 Å². The van der Waals surface area contributed by atoms with Crippen LogP contribution in [0.1, 0.15) is 35.7 Å².